The van der Waals surface area contributed by atoms with Gasteiger partial charge in [-0.15, -0.1) is 0 Å². The van der Waals surface area contributed by atoms with Crippen LogP contribution >= 0.6 is 0 Å². The van der Waals surface area contributed by atoms with Crippen LogP contribution in [0.5, 0.6) is 0 Å². The largest absolute Gasteiger partial charge is 1.00 e. The molecule has 0 aliphatic carbocycles. The van der Waals surface area contributed by atoms with Crippen molar-refractivity contribution in [3.8, 4) is 0 Å². The molecular weight excluding hydrogens is 283 g/mol. The number of rotatable bonds is 15. The van der Waals surface area contributed by atoms with Crippen LogP contribution in [0.3, 0.4) is 0 Å². The molecule has 0 aromatic heterocycles. The normalized spacial score (nSPS) is 10.6. The number of allylic oxidation sites excluding steroid dienone is 2. The summed E-state index contributed by atoms with van der Waals surface area (Å²) < 4.78 is 4.62. The molecule has 0 atom stereocenters. The van der Waals surface area contributed by atoms with Crippen molar-refractivity contribution in [2.75, 3.05) is 7.11 Å². The topological polar surface area (TPSA) is 26.3 Å². The monoisotopic (exact) mass is 320 g/mol. The molecule has 0 radical (unpaired) electrons. The van der Waals surface area contributed by atoms with Crippen molar-refractivity contribution in [3.05, 3.63) is 12.2 Å². The minimum atomic E-state index is -0.0763. The van der Waals surface area contributed by atoms with Gasteiger partial charge in [-0.2, -0.15) is 0 Å². The Labute approximate surface area is 162 Å². The Hall–Kier alpha value is 0.210. The Balaban J connectivity index is -0.00000200. The van der Waals surface area contributed by atoms with E-state index in [0.29, 0.717) is 6.42 Å². The Morgan fingerprint density at radius 3 is 1.77 bits per heavy atom. The van der Waals surface area contributed by atoms with Crippen LogP contribution < -0.4 is 29.6 Å². The molecular formula is C19H37NaO2. The van der Waals surface area contributed by atoms with Crippen molar-refractivity contribution in [3.63, 3.8) is 0 Å². The molecule has 0 spiro atoms. The number of esters is 1. The minimum absolute atomic E-state index is 0. The van der Waals surface area contributed by atoms with E-state index in [4.69, 9.17) is 0 Å². The van der Waals surface area contributed by atoms with E-state index >= 15 is 0 Å². The molecule has 0 heterocycles. The number of hydrogen-bond donors (Lipinski definition) is 0. The number of methoxy groups -OCH3 is 1. The van der Waals surface area contributed by atoms with E-state index in [0.717, 1.165) is 12.8 Å². The van der Waals surface area contributed by atoms with Gasteiger partial charge in [-0.05, 0) is 32.1 Å². The van der Waals surface area contributed by atoms with Crippen molar-refractivity contribution < 1.29 is 40.5 Å². The average molecular weight is 320 g/mol. The van der Waals surface area contributed by atoms with E-state index in [1.54, 1.807) is 0 Å². The standard InChI is InChI=1S/C19H36O2.Na.H/c1-3-4-5-6-7-8-9-10-11-12-13-14-15-16-17-18-19(20)21-2;;/h10-11H,3-9,12-18H2,1-2H3;;/q;+1;-1/b11-10-;;. The van der Waals surface area contributed by atoms with Crippen molar-refractivity contribution in [2.24, 2.45) is 0 Å². The first-order valence-corrected chi connectivity index (χ1v) is 9.03. The molecule has 0 aliphatic rings. The van der Waals surface area contributed by atoms with Gasteiger partial charge in [0.25, 0.3) is 0 Å². The third-order valence-electron chi connectivity index (χ3n) is 3.87. The summed E-state index contributed by atoms with van der Waals surface area (Å²) in [5.74, 6) is -0.0763. The van der Waals surface area contributed by atoms with Gasteiger partial charge in [-0.3, -0.25) is 4.79 Å². The van der Waals surface area contributed by atoms with E-state index in [-0.39, 0.29) is 37.0 Å². The number of unbranched alkanes of at least 4 members (excludes halogenated alkanes) is 11. The minimum Gasteiger partial charge on any atom is -1.00 e. The molecule has 0 bridgehead atoms. The van der Waals surface area contributed by atoms with Gasteiger partial charge in [0.05, 0.1) is 7.11 Å². The summed E-state index contributed by atoms with van der Waals surface area (Å²) >= 11 is 0. The molecule has 22 heavy (non-hydrogen) atoms. The van der Waals surface area contributed by atoms with Crippen molar-refractivity contribution >= 4 is 5.97 Å². The van der Waals surface area contributed by atoms with Crippen LogP contribution in [0.15, 0.2) is 12.2 Å². The molecule has 2 nitrogen and oxygen atoms in total. The van der Waals surface area contributed by atoms with Crippen molar-refractivity contribution in [1.82, 2.24) is 0 Å². The zero-order valence-electron chi connectivity index (χ0n) is 16.4. The molecule has 0 aromatic rings. The number of hydrogen-bond acceptors (Lipinski definition) is 2. The van der Waals surface area contributed by atoms with E-state index in [9.17, 15) is 4.79 Å². The Morgan fingerprint density at radius 2 is 1.27 bits per heavy atom. The van der Waals surface area contributed by atoms with E-state index < -0.39 is 0 Å². The average Bonchev–Trinajstić information content (AvgIpc) is 2.50. The SMILES string of the molecule is CCCCCCCC/C=C\CCCCCCCC(=O)OC.[H-].[Na+]. The maximum absolute atomic E-state index is 10.9. The zero-order chi connectivity index (χ0) is 15.6. The number of carbonyl (C=O) groups excluding carboxylic acids is 1. The van der Waals surface area contributed by atoms with Crippen LogP contribution in [-0.4, -0.2) is 13.1 Å². The first kappa shape index (κ1) is 24.5. The Bertz CT molecular complexity index is 258. The predicted molar refractivity (Wildman–Crippen MR) is 92.6 cm³/mol. The summed E-state index contributed by atoms with van der Waals surface area (Å²) in [6.07, 6.45) is 22.0. The molecule has 0 saturated carbocycles. The second-order valence-corrected chi connectivity index (χ2v) is 5.91. The van der Waals surface area contributed by atoms with Crippen LogP contribution in [0, 0.1) is 0 Å². The maximum atomic E-state index is 10.9. The fraction of sp³-hybridized carbons (Fsp3) is 0.842. The van der Waals surface area contributed by atoms with Crippen LogP contribution in [-0.2, 0) is 9.53 Å². The van der Waals surface area contributed by atoms with Crippen LogP contribution in [0.25, 0.3) is 0 Å². The summed E-state index contributed by atoms with van der Waals surface area (Å²) in [6, 6.07) is 0. The quantitative estimate of drug-likeness (QED) is 0.200. The van der Waals surface area contributed by atoms with Gasteiger partial charge in [0.15, 0.2) is 0 Å². The second kappa shape index (κ2) is 21.2. The number of ether oxygens (including phenoxy) is 1. The molecule has 0 aliphatic heterocycles. The summed E-state index contributed by atoms with van der Waals surface area (Å²) in [5.41, 5.74) is 0. The molecule has 0 amide bonds. The first-order chi connectivity index (χ1) is 10.3. The summed E-state index contributed by atoms with van der Waals surface area (Å²) in [7, 11) is 1.46. The Kier molecular flexibility index (Phi) is 23.6. The molecule has 3 heteroatoms. The summed E-state index contributed by atoms with van der Waals surface area (Å²) in [6.45, 7) is 2.27. The molecule has 0 unspecified atom stereocenters. The van der Waals surface area contributed by atoms with E-state index in [2.05, 4.69) is 23.8 Å². The van der Waals surface area contributed by atoms with E-state index in [1.807, 2.05) is 0 Å². The number of carbonyl (C=O) groups is 1. The van der Waals surface area contributed by atoms with Gasteiger partial charge in [-0.25, -0.2) is 0 Å². The third-order valence-corrected chi connectivity index (χ3v) is 3.87. The molecule has 0 saturated heterocycles. The smallest absolute Gasteiger partial charge is 1.00 e. The van der Waals surface area contributed by atoms with Gasteiger partial charge in [0, 0.05) is 6.42 Å². The van der Waals surface area contributed by atoms with Gasteiger partial charge in [-0.1, -0.05) is 70.4 Å². The predicted octanol–water partition coefficient (Wildman–Crippen LogP) is 3.31. The maximum Gasteiger partial charge on any atom is 1.00 e. The molecule has 0 fully saturated rings. The van der Waals surface area contributed by atoms with Gasteiger partial charge < -0.3 is 6.16 Å². The molecule has 0 N–H and O–H groups in total. The van der Waals surface area contributed by atoms with Gasteiger partial charge >= 0.3 is 35.5 Å². The van der Waals surface area contributed by atoms with Crippen LogP contribution in [0.4, 0.5) is 0 Å². The zero-order valence-corrected chi connectivity index (χ0v) is 17.4. The van der Waals surface area contributed by atoms with Gasteiger partial charge in [0.1, 0.15) is 0 Å². The van der Waals surface area contributed by atoms with Crippen molar-refractivity contribution in [1.29, 1.82) is 0 Å². The Morgan fingerprint density at radius 1 is 0.818 bits per heavy atom. The molecule has 126 valence electrons. The van der Waals surface area contributed by atoms with Gasteiger partial charge in [0.2, 0.25) is 0 Å². The summed E-state index contributed by atoms with van der Waals surface area (Å²) in [4.78, 5) is 10.9. The van der Waals surface area contributed by atoms with E-state index in [1.165, 1.54) is 77.7 Å². The fourth-order valence-corrected chi connectivity index (χ4v) is 2.44. The van der Waals surface area contributed by atoms with Crippen molar-refractivity contribution in [2.45, 2.75) is 96.8 Å². The van der Waals surface area contributed by atoms with Crippen LogP contribution in [0.2, 0.25) is 0 Å². The molecule has 0 rings (SSSR count). The first-order valence-electron chi connectivity index (χ1n) is 9.03. The fourth-order valence-electron chi connectivity index (χ4n) is 2.44. The molecule has 0 aromatic carbocycles. The van der Waals surface area contributed by atoms with Crippen LogP contribution in [0.1, 0.15) is 98.2 Å². The second-order valence-electron chi connectivity index (χ2n) is 5.91. The third kappa shape index (κ3) is 20.2. The summed E-state index contributed by atoms with van der Waals surface area (Å²) in [5, 5.41) is 0.